The summed E-state index contributed by atoms with van der Waals surface area (Å²) in [5, 5.41) is 3.74. The second-order valence-corrected chi connectivity index (χ2v) is 17.9. The molecular formula is C47H46N4O9S. The van der Waals surface area contributed by atoms with Gasteiger partial charge in [-0.1, -0.05) is 121 Å². The number of esters is 1. The zero-order valence-corrected chi connectivity index (χ0v) is 34.7. The van der Waals surface area contributed by atoms with Gasteiger partial charge in [-0.05, 0) is 73.2 Å². The van der Waals surface area contributed by atoms with Crippen LogP contribution in [0.3, 0.4) is 0 Å². The Kier molecular flexibility index (Phi) is 12.4. The van der Waals surface area contributed by atoms with Gasteiger partial charge in [-0.25, -0.2) is 22.8 Å². The van der Waals surface area contributed by atoms with Crippen molar-refractivity contribution in [3.63, 3.8) is 0 Å². The Morgan fingerprint density at radius 3 is 1.93 bits per heavy atom. The van der Waals surface area contributed by atoms with E-state index in [9.17, 15) is 27.6 Å². The molecule has 3 amide bonds. The largest absolute Gasteiger partial charge is 0.451 e. The highest BCUT2D eigenvalue weighted by atomic mass is 32.2. The van der Waals surface area contributed by atoms with Crippen LogP contribution in [0.15, 0.2) is 145 Å². The maximum absolute atomic E-state index is 14.5. The molecule has 1 aromatic heterocycles. The number of hydrogen-bond acceptors (Lipinski definition) is 10. The maximum Gasteiger partial charge on any atom is 0.408 e. The van der Waals surface area contributed by atoms with Crippen molar-refractivity contribution >= 4 is 40.0 Å². The number of pyridine rings is 1. The Balaban J connectivity index is 0.989. The second-order valence-electron chi connectivity index (χ2n) is 15.4. The Labute approximate surface area is 354 Å². The van der Waals surface area contributed by atoms with Crippen molar-refractivity contribution in [2.24, 2.45) is 0 Å². The standard InChI is InChI=1S/C47H46N4O9S/c1-46(2,36-25-23-33(24-26-36)32-16-7-4-8-17-32)60-45(55)50-29-15-28-49-44(54)58-31-47(3)40(43(53)59-39(34-18-9-5-10-19-34)35-20-11-6-12-21-35)51-41(52)38(42(51)61(47,56)57)30-37-22-13-14-27-48-37/h4-14,16-27,30,39-40,42H,15,28-29,31H2,1-3H3,(H,49,54)(H,50,55)/t40-,42+,47-/m0/s1. The average molecular weight is 843 g/mol. The number of aromatic nitrogens is 1. The van der Waals surface area contributed by atoms with Crippen LogP contribution in [-0.2, 0) is 39.2 Å². The fraction of sp³-hybridized carbons (Fsp3) is 0.255. The van der Waals surface area contributed by atoms with Crippen molar-refractivity contribution in [2.45, 2.75) is 55.1 Å². The van der Waals surface area contributed by atoms with Gasteiger partial charge in [0.1, 0.15) is 17.0 Å². The summed E-state index contributed by atoms with van der Waals surface area (Å²) in [6, 6.07) is 38.9. The minimum absolute atomic E-state index is 0.0540. The number of sulfone groups is 1. The molecule has 2 fully saturated rings. The summed E-state index contributed by atoms with van der Waals surface area (Å²) in [6.07, 6.45) is 0.641. The predicted molar refractivity (Wildman–Crippen MR) is 228 cm³/mol. The number of carbonyl (C=O) groups is 4. The lowest BCUT2D eigenvalue weighted by Gasteiger charge is -2.39. The van der Waals surface area contributed by atoms with Crippen molar-refractivity contribution in [1.82, 2.24) is 20.5 Å². The van der Waals surface area contributed by atoms with E-state index in [2.05, 4.69) is 15.6 Å². The van der Waals surface area contributed by atoms with Crippen molar-refractivity contribution in [3.05, 3.63) is 168 Å². The van der Waals surface area contributed by atoms with Gasteiger partial charge in [-0.3, -0.25) is 9.78 Å². The highest BCUT2D eigenvalue weighted by Gasteiger charge is 2.73. The lowest BCUT2D eigenvalue weighted by molar-refractivity contribution is -0.161. The molecule has 314 valence electrons. The molecule has 0 saturated carbocycles. The number of ether oxygens (including phenoxy) is 3. The SMILES string of the molecule is CC(C)(OC(=O)NCCCNC(=O)OC[C@@]1(C)[C@H](C(=O)OC(c2ccccc2)c2ccccc2)N2C(=O)C(=Cc3ccccn3)[C@H]2S1(=O)=O)c1ccc(-c2ccccc2)cc1. The lowest BCUT2D eigenvalue weighted by atomic mass is 9.94. The van der Waals surface area contributed by atoms with E-state index in [1.807, 2.05) is 66.7 Å². The molecular weight excluding hydrogens is 797 g/mol. The molecule has 61 heavy (non-hydrogen) atoms. The van der Waals surface area contributed by atoms with E-state index in [0.29, 0.717) is 16.8 Å². The molecule has 2 aliphatic rings. The molecule has 0 aliphatic carbocycles. The van der Waals surface area contributed by atoms with E-state index in [0.717, 1.165) is 21.6 Å². The van der Waals surface area contributed by atoms with Crippen LogP contribution in [0.4, 0.5) is 9.59 Å². The third-order valence-electron chi connectivity index (χ3n) is 10.9. The van der Waals surface area contributed by atoms with Gasteiger partial charge in [0.05, 0.1) is 11.3 Å². The summed E-state index contributed by atoms with van der Waals surface area (Å²) < 4.78 is 44.2. The molecule has 2 N–H and O–H groups in total. The van der Waals surface area contributed by atoms with E-state index in [4.69, 9.17) is 14.2 Å². The summed E-state index contributed by atoms with van der Waals surface area (Å²) >= 11 is 0. The number of nitrogens with one attached hydrogen (secondary N) is 2. The highest BCUT2D eigenvalue weighted by Crippen LogP contribution is 2.50. The predicted octanol–water partition coefficient (Wildman–Crippen LogP) is 6.97. The van der Waals surface area contributed by atoms with E-state index >= 15 is 0 Å². The van der Waals surface area contributed by atoms with Crippen molar-refractivity contribution in [2.75, 3.05) is 19.7 Å². The van der Waals surface area contributed by atoms with Gasteiger partial charge in [0.15, 0.2) is 27.4 Å². The number of fused-ring (bicyclic) bond motifs is 1. The molecule has 2 aliphatic heterocycles. The monoisotopic (exact) mass is 842 g/mol. The van der Waals surface area contributed by atoms with Crippen molar-refractivity contribution < 1.29 is 41.8 Å². The number of rotatable bonds is 14. The lowest BCUT2D eigenvalue weighted by Crippen LogP contribution is -2.60. The summed E-state index contributed by atoms with van der Waals surface area (Å²) in [5.74, 6) is -1.66. The van der Waals surface area contributed by atoms with Crippen LogP contribution in [0.25, 0.3) is 17.2 Å². The molecule has 7 rings (SSSR count). The zero-order chi connectivity index (χ0) is 43.2. The minimum Gasteiger partial charge on any atom is -0.451 e. The van der Waals surface area contributed by atoms with Crippen LogP contribution in [0.1, 0.15) is 55.7 Å². The first kappa shape index (κ1) is 42.3. The zero-order valence-electron chi connectivity index (χ0n) is 33.9. The van der Waals surface area contributed by atoms with E-state index < -0.39 is 68.4 Å². The first-order valence-electron chi connectivity index (χ1n) is 19.8. The van der Waals surface area contributed by atoms with Crippen LogP contribution in [0, 0.1) is 0 Å². The second kappa shape index (κ2) is 17.8. The molecule has 3 heterocycles. The number of carbonyl (C=O) groups excluding carboxylic acids is 4. The fourth-order valence-electron chi connectivity index (χ4n) is 7.51. The third kappa shape index (κ3) is 8.90. The van der Waals surface area contributed by atoms with Crippen LogP contribution < -0.4 is 10.6 Å². The molecule has 13 nitrogen and oxygen atoms in total. The van der Waals surface area contributed by atoms with Gasteiger partial charge in [0.2, 0.25) is 0 Å². The Bertz CT molecular complexity index is 2460. The Morgan fingerprint density at radius 1 is 0.787 bits per heavy atom. The van der Waals surface area contributed by atoms with Gasteiger partial charge < -0.3 is 29.7 Å². The molecule has 4 aromatic carbocycles. The van der Waals surface area contributed by atoms with E-state index in [1.54, 1.807) is 80.6 Å². The first-order chi connectivity index (χ1) is 29.3. The summed E-state index contributed by atoms with van der Waals surface area (Å²) in [7, 11) is -4.43. The van der Waals surface area contributed by atoms with Crippen molar-refractivity contribution in [3.8, 4) is 11.1 Å². The van der Waals surface area contributed by atoms with Crippen molar-refractivity contribution in [1.29, 1.82) is 0 Å². The Hall–Kier alpha value is -6.80. The molecule has 2 saturated heterocycles. The molecule has 14 heteroatoms. The first-order valence-corrected chi connectivity index (χ1v) is 21.4. The number of nitrogens with zero attached hydrogens (tertiary/aromatic N) is 2. The molecule has 0 bridgehead atoms. The molecule has 0 radical (unpaired) electrons. The van der Waals surface area contributed by atoms with Crippen LogP contribution in [0.2, 0.25) is 0 Å². The summed E-state index contributed by atoms with van der Waals surface area (Å²) in [4.78, 5) is 59.1. The fourth-order valence-corrected chi connectivity index (χ4v) is 9.79. The number of benzene rings is 4. The number of alkyl carbamates (subject to hydrolysis) is 2. The molecule has 0 unspecified atom stereocenters. The van der Waals surface area contributed by atoms with Gasteiger partial charge in [0, 0.05) is 19.3 Å². The minimum atomic E-state index is -4.43. The molecule has 0 spiro atoms. The van der Waals surface area contributed by atoms with Gasteiger partial charge in [-0.15, -0.1) is 0 Å². The normalized spacial score (nSPS) is 19.7. The van der Waals surface area contributed by atoms with Gasteiger partial charge in [0.25, 0.3) is 5.91 Å². The third-order valence-corrected chi connectivity index (χ3v) is 13.6. The number of β-lactam (4-membered cyclic amide) rings is 1. The summed E-state index contributed by atoms with van der Waals surface area (Å²) in [5.41, 5.74) is 3.54. The Morgan fingerprint density at radius 2 is 1.34 bits per heavy atom. The molecule has 5 aromatic rings. The maximum atomic E-state index is 14.5. The van der Waals surface area contributed by atoms with E-state index in [1.165, 1.54) is 19.2 Å². The molecule has 3 atom stereocenters. The van der Waals surface area contributed by atoms with E-state index in [-0.39, 0.29) is 25.1 Å². The van der Waals surface area contributed by atoms with Gasteiger partial charge in [-0.2, -0.15) is 0 Å². The average Bonchev–Trinajstić information content (AvgIpc) is 3.44. The smallest absolute Gasteiger partial charge is 0.408 e. The van der Waals surface area contributed by atoms with Crippen LogP contribution in [-0.4, -0.2) is 78.2 Å². The van der Waals surface area contributed by atoms with Gasteiger partial charge >= 0.3 is 18.2 Å². The topological polar surface area (TPSA) is 170 Å². The number of amides is 3. The summed E-state index contributed by atoms with van der Waals surface area (Å²) in [6.45, 7) is 4.29. The quantitative estimate of drug-likeness (QED) is 0.0392. The van der Waals surface area contributed by atoms with Crippen LogP contribution >= 0.6 is 0 Å². The van der Waals surface area contributed by atoms with Crippen LogP contribution in [0.5, 0.6) is 0 Å². The number of hydrogen-bond donors (Lipinski definition) is 2. The highest BCUT2D eigenvalue weighted by molar-refractivity contribution is 7.94.